The summed E-state index contributed by atoms with van der Waals surface area (Å²) in [7, 11) is 0. The normalized spacial score (nSPS) is 9.64. The van der Waals surface area contributed by atoms with Gasteiger partial charge in [-0.2, -0.15) is 15.4 Å². The summed E-state index contributed by atoms with van der Waals surface area (Å²) >= 11 is 0. The van der Waals surface area contributed by atoms with Crippen LogP contribution < -0.4 is 5.73 Å². The first-order valence-electron chi connectivity index (χ1n) is 4.36. The predicted molar refractivity (Wildman–Crippen MR) is 54.8 cm³/mol. The fraction of sp³-hybridized carbons (Fsp3) is 0.333. The SMILES string of the molecule is Cc1cccc2n[nH]nc12.NCCO. The van der Waals surface area contributed by atoms with Gasteiger partial charge in [0.05, 0.1) is 6.61 Å². The number of aromatic nitrogens is 3. The minimum Gasteiger partial charge on any atom is -0.395 e. The molecule has 2 rings (SSSR count). The number of nitrogens with zero attached hydrogens (tertiary/aromatic N) is 2. The maximum atomic E-state index is 7.75. The van der Waals surface area contributed by atoms with E-state index >= 15 is 0 Å². The predicted octanol–water partition coefficient (Wildman–Crippen LogP) is 0.204. The zero-order chi connectivity index (χ0) is 10.4. The van der Waals surface area contributed by atoms with Crippen molar-refractivity contribution >= 4 is 11.0 Å². The molecule has 4 N–H and O–H groups in total. The zero-order valence-corrected chi connectivity index (χ0v) is 8.07. The number of benzene rings is 1. The Hall–Kier alpha value is -1.46. The molecule has 1 aromatic carbocycles. The average molecular weight is 194 g/mol. The highest BCUT2D eigenvalue weighted by Gasteiger charge is 1.97. The molecule has 0 atom stereocenters. The van der Waals surface area contributed by atoms with Crippen LogP contribution in [0.15, 0.2) is 18.2 Å². The molecule has 0 amide bonds. The number of nitrogens with two attached hydrogens (primary N) is 1. The van der Waals surface area contributed by atoms with E-state index in [1.165, 1.54) is 0 Å². The first kappa shape index (κ1) is 10.6. The second-order valence-corrected chi connectivity index (χ2v) is 2.78. The van der Waals surface area contributed by atoms with E-state index in [0.717, 1.165) is 16.6 Å². The van der Waals surface area contributed by atoms with Gasteiger partial charge in [-0.05, 0) is 18.6 Å². The molecule has 0 unspecified atom stereocenters. The van der Waals surface area contributed by atoms with Crippen molar-refractivity contribution in [3.8, 4) is 0 Å². The van der Waals surface area contributed by atoms with Gasteiger partial charge in [0.1, 0.15) is 11.0 Å². The van der Waals surface area contributed by atoms with Crippen molar-refractivity contribution in [2.24, 2.45) is 5.73 Å². The molecule has 0 fully saturated rings. The fourth-order valence-electron chi connectivity index (χ4n) is 1.01. The number of aromatic amines is 1. The summed E-state index contributed by atoms with van der Waals surface area (Å²) in [6.45, 7) is 2.49. The smallest absolute Gasteiger partial charge is 0.115 e. The monoisotopic (exact) mass is 194 g/mol. The first-order valence-corrected chi connectivity index (χ1v) is 4.36. The molecule has 0 aliphatic heterocycles. The van der Waals surface area contributed by atoms with E-state index in [1.54, 1.807) is 0 Å². The van der Waals surface area contributed by atoms with Crippen LogP contribution in [0.4, 0.5) is 0 Å². The van der Waals surface area contributed by atoms with Gasteiger partial charge < -0.3 is 10.8 Å². The molecule has 2 aromatic rings. The molecular weight excluding hydrogens is 180 g/mol. The number of rotatable bonds is 1. The lowest BCUT2D eigenvalue weighted by atomic mass is 10.2. The molecule has 0 saturated carbocycles. The van der Waals surface area contributed by atoms with E-state index < -0.39 is 0 Å². The number of aliphatic hydroxyl groups is 1. The molecule has 0 spiro atoms. The topological polar surface area (TPSA) is 87.8 Å². The maximum Gasteiger partial charge on any atom is 0.115 e. The Morgan fingerprint density at radius 1 is 1.43 bits per heavy atom. The molecule has 76 valence electrons. The number of aryl methyl sites for hydroxylation is 1. The molecule has 0 aliphatic carbocycles. The molecule has 14 heavy (non-hydrogen) atoms. The van der Waals surface area contributed by atoms with E-state index in [0.29, 0.717) is 6.54 Å². The average Bonchev–Trinajstić information content (AvgIpc) is 2.68. The van der Waals surface area contributed by atoms with Crippen LogP contribution in [-0.2, 0) is 0 Å². The minimum atomic E-state index is 0.0972. The van der Waals surface area contributed by atoms with E-state index in [1.807, 2.05) is 25.1 Å². The van der Waals surface area contributed by atoms with Crippen LogP contribution in [0.5, 0.6) is 0 Å². The van der Waals surface area contributed by atoms with Crippen LogP contribution in [-0.4, -0.2) is 33.7 Å². The van der Waals surface area contributed by atoms with Gasteiger partial charge >= 0.3 is 0 Å². The Labute approximate surface area is 81.9 Å². The standard InChI is InChI=1S/C7H7N3.C2H7NO/c1-5-3-2-4-6-7(5)9-10-8-6;3-1-2-4/h2-4H,1H3,(H,8,9,10);4H,1-3H2. The van der Waals surface area contributed by atoms with Gasteiger partial charge in [-0.3, -0.25) is 0 Å². The van der Waals surface area contributed by atoms with Gasteiger partial charge in [0, 0.05) is 6.54 Å². The number of aliphatic hydroxyl groups excluding tert-OH is 1. The molecular formula is C9H14N4O. The highest BCUT2D eigenvalue weighted by molar-refractivity contribution is 5.76. The van der Waals surface area contributed by atoms with E-state index in [2.05, 4.69) is 15.4 Å². The van der Waals surface area contributed by atoms with Crippen molar-refractivity contribution in [3.63, 3.8) is 0 Å². The highest BCUT2D eigenvalue weighted by Crippen LogP contribution is 2.10. The molecule has 0 radical (unpaired) electrons. The second-order valence-electron chi connectivity index (χ2n) is 2.78. The van der Waals surface area contributed by atoms with Crippen LogP contribution in [0.2, 0.25) is 0 Å². The Morgan fingerprint density at radius 2 is 2.14 bits per heavy atom. The Balaban J connectivity index is 0.000000213. The number of hydrogen-bond donors (Lipinski definition) is 3. The lowest BCUT2D eigenvalue weighted by Crippen LogP contribution is -2.02. The Bertz CT molecular complexity index is 383. The molecule has 5 nitrogen and oxygen atoms in total. The number of H-pyrrole nitrogens is 1. The zero-order valence-electron chi connectivity index (χ0n) is 8.07. The number of hydrogen-bond acceptors (Lipinski definition) is 4. The maximum absolute atomic E-state index is 7.75. The molecule has 5 heteroatoms. The molecule has 0 bridgehead atoms. The van der Waals surface area contributed by atoms with Crippen LogP contribution in [0.25, 0.3) is 11.0 Å². The molecule has 1 aromatic heterocycles. The summed E-state index contributed by atoms with van der Waals surface area (Å²) in [6.07, 6.45) is 0. The third kappa shape index (κ3) is 2.51. The van der Waals surface area contributed by atoms with Crippen molar-refractivity contribution in [2.45, 2.75) is 6.92 Å². The van der Waals surface area contributed by atoms with Gasteiger partial charge in [-0.15, -0.1) is 0 Å². The quantitative estimate of drug-likeness (QED) is 0.605. The highest BCUT2D eigenvalue weighted by atomic mass is 16.3. The largest absolute Gasteiger partial charge is 0.395 e. The molecule has 0 saturated heterocycles. The molecule has 1 heterocycles. The van der Waals surface area contributed by atoms with Gasteiger partial charge in [0.2, 0.25) is 0 Å². The Morgan fingerprint density at radius 3 is 2.71 bits per heavy atom. The van der Waals surface area contributed by atoms with Crippen molar-refractivity contribution in [3.05, 3.63) is 23.8 Å². The lowest BCUT2D eigenvalue weighted by Gasteiger charge is -1.88. The summed E-state index contributed by atoms with van der Waals surface area (Å²) < 4.78 is 0. The Kier molecular flexibility index (Phi) is 4.03. The van der Waals surface area contributed by atoms with Gasteiger partial charge in [0.15, 0.2) is 0 Å². The van der Waals surface area contributed by atoms with Crippen molar-refractivity contribution < 1.29 is 5.11 Å². The van der Waals surface area contributed by atoms with Crippen LogP contribution in [0, 0.1) is 6.92 Å². The van der Waals surface area contributed by atoms with Gasteiger partial charge in [0.25, 0.3) is 0 Å². The van der Waals surface area contributed by atoms with E-state index in [-0.39, 0.29) is 6.61 Å². The van der Waals surface area contributed by atoms with Gasteiger partial charge in [-0.1, -0.05) is 12.1 Å². The summed E-state index contributed by atoms with van der Waals surface area (Å²) in [5, 5.41) is 18.3. The first-order chi connectivity index (χ1) is 6.79. The van der Waals surface area contributed by atoms with Crippen molar-refractivity contribution in [2.75, 3.05) is 13.2 Å². The third-order valence-electron chi connectivity index (χ3n) is 1.68. The summed E-state index contributed by atoms with van der Waals surface area (Å²) in [5.41, 5.74) is 7.83. The minimum absolute atomic E-state index is 0.0972. The van der Waals surface area contributed by atoms with Crippen LogP contribution in [0.3, 0.4) is 0 Å². The number of para-hydroxylation sites is 1. The van der Waals surface area contributed by atoms with E-state index in [4.69, 9.17) is 10.8 Å². The van der Waals surface area contributed by atoms with E-state index in [9.17, 15) is 0 Å². The van der Waals surface area contributed by atoms with Crippen LogP contribution in [0.1, 0.15) is 5.56 Å². The third-order valence-corrected chi connectivity index (χ3v) is 1.68. The summed E-state index contributed by atoms with van der Waals surface area (Å²) in [5.74, 6) is 0. The number of fused-ring (bicyclic) bond motifs is 1. The van der Waals surface area contributed by atoms with Crippen molar-refractivity contribution in [1.82, 2.24) is 15.4 Å². The molecule has 0 aliphatic rings. The number of nitrogens with one attached hydrogen (secondary N) is 1. The summed E-state index contributed by atoms with van der Waals surface area (Å²) in [4.78, 5) is 0. The van der Waals surface area contributed by atoms with Gasteiger partial charge in [-0.25, -0.2) is 0 Å². The second kappa shape index (κ2) is 5.31. The lowest BCUT2D eigenvalue weighted by molar-refractivity contribution is 0.306. The van der Waals surface area contributed by atoms with Crippen LogP contribution >= 0.6 is 0 Å². The summed E-state index contributed by atoms with van der Waals surface area (Å²) in [6, 6.07) is 5.93. The van der Waals surface area contributed by atoms with Crippen molar-refractivity contribution in [1.29, 1.82) is 0 Å². The fourth-order valence-corrected chi connectivity index (χ4v) is 1.01.